The predicted molar refractivity (Wildman–Crippen MR) is 91.9 cm³/mol. The highest BCUT2D eigenvalue weighted by molar-refractivity contribution is 5.51. The maximum Gasteiger partial charge on any atom is 0.210 e. The van der Waals surface area contributed by atoms with E-state index >= 15 is 0 Å². The second-order valence-electron chi connectivity index (χ2n) is 6.71. The second kappa shape index (κ2) is 10.2. The minimum absolute atomic E-state index is 0.0960. The number of aliphatic hydroxyl groups excluding tert-OH is 1. The van der Waals surface area contributed by atoms with Crippen LogP contribution in [0.25, 0.3) is 0 Å². The zero-order chi connectivity index (χ0) is 17.2. The van der Waals surface area contributed by atoms with Gasteiger partial charge in [0.25, 0.3) is 0 Å². The molecule has 0 aliphatic rings. The molecular formula is C18H37NO3. The van der Waals surface area contributed by atoms with Crippen LogP contribution in [0, 0.1) is 0 Å². The number of aliphatic hydroxyl groups is 1. The third-order valence-electron chi connectivity index (χ3n) is 5.35. The van der Waals surface area contributed by atoms with Crippen molar-refractivity contribution in [3.63, 3.8) is 0 Å². The summed E-state index contributed by atoms with van der Waals surface area (Å²) in [5.41, 5.74) is -0.552. The number of rotatable bonds is 13. The average molecular weight is 315 g/mol. The minimum atomic E-state index is -0.309. The third-order valence-corrected chi connectivity index (χ3v) is 5.35. The molecule has 0 radical (unpaired) electrons. The number of amides is 1. The average Bonchev–Trinajstić information content (AvgIpc) is 2.52. The lowest BCUT2D eigenvalue weighted by atomic mass is 9.83. The Labute approximate surface area is 137 Å². The van der Waals surface area contributed by atoms with Crippen molar-refractivity contribution in [2.45, 2.75) is 97.2 Å². The Hall–Kier alpha value is -0.610. The number of hydrogen-bond donors (Lipinski definition) is 1. The quantitative estimate of drug-likeness (QED) is 0.526. The van der Waals surface area contributed by atoms with Crippen molar-refractivity contribution in [1.82, 2.24) is 4.90 Å². The van der Waals surface area contributed by atoms with E-state index in [0.717, 1.165) is 38.5 Å². The Kier molecular flexibility index (Phi) is 9.94. The largest absolute Gasteiger partial charge is 0.396 e. The number of hydrogen-bond acceptors (Lipinski definition) is 3. The van der Waals surface area contributed by atoms with Gasteiger partial charge in [-0.1, -0.05) is 27.7 Å². The van der Waals surface area contributed by atoms with E-state index in [4.69, 9.17) is 4.74 Å². The van der Waals surface area contributed by atoms with E-state index in [1.54, 1.807) is 0 Å². The Morgan fingerprint density at radius 1 is 1.05 bits per heavy atom. The van der Waals surface area contributed by atoms with Crippen LogP contribution in [0.1, 0.15) is 80.1 Å². The van der Waals surface area contributed by atoms with E-state index in [0.29, 0.717) is 19.1 Å². The molecule has 0 bridgehead atoms. The monoisotopic (exact) mass is 315 g/mol. The standard InChI is InChI=1S/C18H37NO3/c1-7-16(8-2)22-14-12-18(6,10-4)19(15-21)17(5,9-3)11-13-20/h15-16,20H,7-14H2,1-6H3. The molecule has 0 spiro atoms. The summed E-state index contributed by atoms with van der Waals surface area (Å²) in [6.07, 6.45) is 6.43. The van der Waals surface area contributed by atoms with Crippen molar-refractivity contribution in [2.24, 2.45) is 0 Å². The maximum atomic E-state index is 11.8. The van der Waals surface area contributed by atoms with Gasteiger partial charge in [-0.25, -0.2) is 0 Å². The van der Waals surface area contributed by atoms with Gasteiger partial charge in [-0.2, -0.15) is 0 Å². The first kappa shape index (κ1) is 21.4. The van der Waals surface area contributed by atoms with E-state index in [9.17, 15) is 9.90 Å². The number of carbonyl (C=O) groups is 1. The van der Waals surface area contributed by atoms with Gasteiger partial charge in [0.05, 0.1) is 6.10 Å². The summed E-state index contributed by atoms with van der Waals surface area (Å²) >= 11 is 0. The molecule has 4 nitrogen and oxygen atoms in total. The molecule has 0 aliphatic carbocycles. The van der Waals surface area contributed by atoms with Gasteiger partial charge in [-0.05, 0) is 52.4 Å². The maximum absolute atomic E-state index is 11.8. The molecule has 0 fully saturated rings. The predicted octanol–water partition coefficient (Wildman–Crippen LogP) is 3.76. The van der Waals surface area contributed by atoms with Gasteiger partial charge in [0.15, 0.2) is 0 Å². The van der Waals surface area contributed by atoms with E-state index in [2.05, 4.69) is 41.5 Å². The molecule has 4 heteroatoms. The molecule has 0 rings (SSSR count). The van der Waals surface area contributed by atoms with Crippen LogP contribution in [0.2, 0.25) is 0 Å². The zero-order valence-corrected chi connectivity index (χ0v) is 15.5. The fraction of sp³-hybridized carbons (Fsp3) is 0.944. The molecule has 0 aliphatic heterocycles. The summed E-state index contributed by atoms with van der Waals surface area (Å²) in [5, 5.41) is 9.36. The molecule has 2 unspecified atom stereocenters. The first-order chi connectivity index (χ1) is 10.4. The van der Waals surface area contributed by atoms with Crippen LogP contribution in [-0.4, -0.2) is 46.8 Å². The van der Waals surface area contributed by atoms with Crippen LogP contribution < -0.4 is 0 Å². The van der Waals surface area contributed by atoms with E-state index in [1.807, 2.05) is 4.90 Å². The molecule has 0 aromatic carbocycles. The highest BCUT2D eigenvalue weighted by Crippen LogP contribution is 2.34. The Morgan fingerprint density at radius 2 is 1.55 bits per heavy atom. The molecule has 1 amide bonds. The van der Waals surface area contributed by atoms with Gasteiger partial charge in [-0.3, -0.25) is 4.79 Å². The van der Waals surface area contributed by atoms with Crippen molar-refractivity contribution in [2.75, 3.05) is 13.2 Å². The molecule has 22 heavy (non-hydrogen) atoms. The summed E-state index contributed by atoms with van der Waals surface area (Å²) < 4.78 is 5.95. The molecule has 0 saturated carbocycles. The lowest BCUT2D eigenvalue weighted by molar-refractivity contribution is -0.135. The van der Waals surface area contributed by atoms with Crippen molar-refractivity contribution >= 4 is 6.41 Å². The third kappa shape index (κ3) is 5.54. The Morgan fingerprint density at radius 3 is 1.91 bits per heavy atom. The van der Waals surface area contributed by atoms with Crippen molar-refractivity contribution < 1.29 is 14.6 Å². The van der Waals surface area contributed by atoms with Crippen LogP contribution in [0.15, 0.2) is 0 Å². The summed E-state index contributed by atoms with van der Waals surface area (Å²) in [7, 11) is 0. The van der Waals surface area contributed by atoms with Crippen LogP contribution >= 0.6 is 0 Å². The molecular weight excluding hydrogens is 278 g/mol. The van der Waals surface area contributed by atoms with Crippen LogP contribution in [0.4, 0.5) is 0 Å². The topological polar surface area (TPSA) is 49.8 Å². The highest BCUT2D eigenvalue weighted by Gasteiger charge is 2.40. The number of nitrogens with zero attached hydrogens (tertiary/aromatic N) is 1. The van der Waals surface area contributed by atoms with E-state index < -0.39 is 0 Å². The number of carbonyl (C=O) groups excluding carboxylic acids is 1. The SMILES string of the molecule is CCC(CC)OCCC(C)(CC)N(C=O)C(C)(CC)CCO. The number of ether oxygens (including phenoxy) is 1. The van der Waals surface area contributed by atoms with E-state index in [1.165, 1.54) is 0 Å². The molecule has 0 aromatic heterocycles. The van der Waals surface area contributed by atoms with Crippen molar-refractivity contribution in [3.8, 4) is 0 Å². The molecule has 2 atom stereocenters. The lowest BCUT2D eigenvalue weighted by Gasteiger charge is -2.49. The Balaban J connectivity index is 5.01. The van der Waals surface area contributed by atoms with Crippen molar-refractivity contribution in [1.29, 1.82) is 0 Å². The summed E-state index contributed by atoms with van der Waals surface area (Å²) in [4.78, 5) is 13.7. The molecule has 0 aromatic rings. The van der Waals surface area contributed by atoms with Gasteiger partial charge < -0.3 is 14.7 Å². The summed E-state index contributed by atoms with van der Waals surface area (Å²) in [6.45, 7) is 13.4. The molecule has 0 saturated heterocycles. The van der Waals surface area contributed by atoms with Gasteiger partial charge in [0.1, 0.15) is 0 Å². The van der Waals surface area contributed by atoms with Crippen LogP contribution in [0.3, 0.4) is 0 Å². The van der Waals surface area contributed by atoms with E-state index in [-0.39, 0.29) is 17.7 Å². The van der Waals surface area contributed by atoms with Gasteiger partial charge in [0.2, 0.25) is 6.41 Å². The Bertz CT molecular complexity index is 307. The van der Waals surface area contributed by atoms with Crippen LogP contribution in [-0.2, 0) is 9.53 Å². The normalized spacial score (nSPS) is 17.1. The molecule has 132 valence electrons. The lowest BCUT2D eigenvalue weighted by Crippen LogP contribution is -2.58. The molecule has 0 heterocycles. The van der Waals surface area contributed by atoms with Crippen LogP contribution in [0.5, 0.6) is 0 Å². The molecule has 1 N–H and O–H groups in total. The minimum Gasteiger partial charge on any atom is -0.396 e. The zero-order valence-electron chi connectivity index (χ0n) is 15.5. The second-order valence-corrected chi connectivity index (χ2v) is 6.71. The highest BCUT2D eigenvalue weighted by atomic mass is 16.5. The van der Waals surface area contributed by atoms with Gasteiger partial charge >= 0.3 is 0 Å². The fourth-order valence-electron chi connectivity index (χ4n) is 3.05. The first-order valence-corrected chi connectivity index (χ1v) is 8.84. The summed E-state index contributed by atoms with van der Waals surface area (Å²) in [6, 6.07) is 0. The van der Waals surface area contributed by atoms with Gasteiger partial charge in [0, 0.05) is 24.3 Å². The summed E-state index contributed by atoms with van der Waals surface area (Å²) in [5.74, 6) is 0. The van der Waals surface area contributed by atoms with Crippen molar-refractivity contribution in [3.05, 3.63) is 0 Å². The van der Waals surface area contributed by atoms with Gasteiger partial charge in [-0.15, -0.1) is 0 Å². The smallest absolute Gasteiger partial charge is 0.210 e. The fourth-order valence-corrected chi connectivity index (χ4v) is 3.05. The first-order valence-electron chi connectivity index (χ1n) is 8.84.